The first-order valence-electron chi connectivity index (χ1n) is 6.20. The van der Waals surface area contributed by atoms with Crippen molar-refractivity contribution in [2.45, 2.75) is 17.6 Å². The first-order chi connectivity index (χ1) is 9.65. The Hall–Kier alpha value is -1.88. The summed E-state index contributed by atoms with van der Waals surface area (Å²) >= 11 is 1.69. The minimum absolute atomic E-state index is 0.690. The molecule has 0 aliphatic rings. The van der Waals surface area contributed by atoms with Crippen molar-refractivity contribution < 1.29 is 9.47 Å². The molecule has 0 aliphatic heterocycles. The Morgan fingerprint density at radius 1 is 1.20 bits per heavy atom. The van der Waals surface area contributed by atoms with E-state index in [2.05, 4.69) is 11.1 Å². The molecule has 0 fully saturated rings. The van der Waals surface area contributed by atoms with Crippen LogP contribution in [0.1, 0.15) is 11.3 Å². The number of nitrogens with zero attached hydrogens (tertiary/aromatic N) is 1. The van der Waals surface area contributed by atoms with E-state index in [-0.39, 0.29) is 0 Å². The highest BCUT2D eigenvalue weighted by Crippen LogP contribution is 2.33. The Kier molecular flexibility index (Phi) is 4.74. The molecule has 0 saturated carbocycles. The molecule has 2 rings (SSSR count). The van der Waals surface area contributed by atoms with Gasteiger partial charge in [-0.15, -0.1) is 11.8 Å². The van der Waals surface area contributed by atoms with Crippen molar-refractivity contribution >= 4 is 17.4 Å². The molecule has 0 bridgehead atoms. The zero-order valence-electron chi connectivity index (χ0n) is 11.8. The van der Waals surface area contributed by atoms with Gasteiger partial charge in [0.2, 0.25) is 0 Å². The highest BCUT2D eigenvalue weighted by molar-refractivity contribution is 7.98. The molecule has 0 radical (unpaired) electrons. The Morgan fingerprint density at radius 2 is 2.00 bits per heavy atom. The third-order valence-corrected chi connectivity index (χ3v) is 3.99. The van der Waals surface area contributed by atoms with E-state index in [0.717, 1.165) is 21.8 Å². The second-order valence-corrected chi connectivity index (χ2v) is 5.35. The Labute approximate surface area is 123 Å². The summed E-state index contributed by atoms with van der Waals surface area (Å²) in [4.78, 5) is 5.52. The van der Waals surface area contributed by atoms with Gasteiger partial charge in [0.05, 0.1) is 19.9 Å². The van der Waals surface area contributed by atoms with Gasteiger partial charge >= 0.3 is 0 Å². The van der Waals surface area contributed by atoms with Gasteiger partial charge in [-0.1, -0.05) is 0 Å². The van der Waals surface area contributed by atoms with Gasteiger partial charge in [0, 0.05) is 28.6 Å². The summed E-state index contributed by atoms with van der Waals surface area (Å²) in [5.41, 5.74) is 8.58. The number of hydrogen-bond acceptors (Lipinski definition) is 5. The standard InChI is InChI=1S/C15H18N2O2S/c1-10-8-11(4-5-12(10)16)20-9-13-15(19-3)14(18-2)6-7-17-13/h4-8H,9,16H2,1-3H3. The predicted octanol–water partition coefficient (Wildman–Crippen LogP) is 3.28. The predicted molar refractivity (Wildman–Crippen MR) is 82.5 cm³/mol. The van der Waals surface area contributed by atoms with E-state index in [4.69, 9.17) is 15.2 Å². The molecule has 0 saturated heterocycles. The van der Waals surface area contributed by atoms with Crippen molar-refractivity contribution in [3.63, 3.8) is 0 Å². The van der Waals surface area contributed by atoms with Gasteiger partial charge in [0.25, 0.3) is 0 Å². The maximum Gasteiger partial charge on any atom is 0.183 e. The number of aryl methyl sites for hydroxylation is 1. The summed E-state index contributed by atoms with van der Waals surface area (Å²) in [6, 6.07) is 7.81. The topological polar surface area (TPSA) is 57.4 Å². The molecule has 0 unspecified atom stereocenters. The molecular weight excluding hydrogens is 272 g/mol. The van der Waals surface area contributed by atoms with Crippen LogP contribution in [0.4, 0.5) is 5.69 Å². The molecule has 5 heteroatoms. The van der Waals surface area contributed by atoms with Crippen molar-refractivity contribution in [3.8, 4) is 11.5 Å². The molecule has 2 N–H and O–H groups in total. The van der Waals surface area contributed by atoms with Gasteiger partial charge in [0.15, 0.2) is 11.5 Å². The molecule has 0 atom stereocenters. The second kappa shape index (κ2) is 6.52. The fraction of sp³-hybridized carbons (Fsp3) is 0.267. The zero-order valence-corrected chi connectivity index (χ0v) is 12.7. The molecule has 0 amide bonds. The van der Waals surface area contributed by atoms with Gasteiger partial charge in [-0.2, -0.15) is 0 Å². The van der Waals surface area contributed by atoms with Crippen LogP contribution in [0.5, 0.6) is 11.5 Å². The molecular formula is C15H18N2O2S. The molecule has 0 spiro atoms. The Morgan fingerprint density at radius 3 is 2.65 bits per heavy atom. The SMILES string of the molecule is COc1ccnc(CSc2ccc(N)c(C)c2)c1OC. The van der Waals surface area contributed by atoms with Crippen molar-refractivity contribution in [2.75, 3.05) is 20.0 Å². The lowest BCUT2D eigenvalue weighted by Crippen LogP contribution is -1.97. The molecule has 20 heavy (non-hydrogen) atoms. The maximum atomic E-state index is 5.82. The molecule has 106 valence electrons. The number of nitrogens with two attached hydrogens (primary N) is 1. The zero-order chi connectivity index (χ0) is 14.5. The Bertz CT molecular complexity index is 602. The molecule has 0 aliphatic carbocycles. The number of thioether (sulfide) groups is 1. The monoisotopic (exact) mass is 290 g/mol. The summed E-state index contributed by atoms with van der Waals surface area (Å²) in [6.07, 6.45) is 1.73. The largest absolute Gasteiger partial charge is 0.493 e. The average molecular weight is 290 g/mol. The summed E-state index contributed by atoms with van der Waals surface area (Å²) < 4.78 is 10.7. The fourth-order valence-electron chi connectivity index (χ4n) is 1.84. The highest BCUT2D eigenvalue weighted by atomic mass is 32.2. The maximum absolute atomic E-state index is 5.82. The normalized spacial score (nSPS) is 10.3. The van der Waals surface area contributed by atoms with Gasteiger partial charge < -0.3 is 15.2 Å². The van der Waals surface area contributed by atoms with Crippen LogP contribution in [0.3, 0.4) is 0 Å². The van der Waals surface area contributed by atoms with Crippen molar-refractivity contribution in [1.82, 2.24) is 4.98 Å². The average Bonchev–Trinajstić information content (AvgIpc) is 2.47. The minimum atomic E-state index is 0.690. The van der Waals surface area contributed by atoms with Crippen LogP contribution >= 0.6 is 11.8 Å². The second-order valence-electron chi connectivity index (χ2n) is 4.30. The van der Waals surface area contributed by atoms with E-state index in [1.807, 2.05) is 19.1 Å². The molecule has 1 heterocycles. The van der Waals surface area contributed by atoms with Crippen LogP contribution in [0, 0.1) is 6.92 Å². The smallest absolute Gasteiger partial charge is 0.183 e. The molecule has 4 nitrogen and oxygen atoms in total. The molecule has 1 aromatic heterocycles. The van der Waals surface area contributed by atoms with Crippen molar-refractivity contribution in [2.24, 2.45) is 0 Å². The van der Waals surface area contributed by atoms with Crippen molar-refractivity contribution in [3.05, 3.63) is 41.7 Å². The number of pyridine rings is 1. The van der Waals surface area contributed by atoms with E-state index in [1.165, 1.54) is 0 Å². The first kappa shape index (κ1) is 14.5. The van der Waals surface area contributed by atoms with E-state index in [1.54, 1.807) is 38.2 Å². The van der Waals surface area contributed by atoms with Crippen LogP contribution < -0.4 is 15.2 Å². The number of anilines is 1. The lowest BCUT2D eigenvalue weighted by molar-refractivity contribution is 0.350. The number of ether oxygens (including phenoxy) is 2. The fourth-order valence-corrected chi connectivity index (χ4v) is 2.78. The third-order valence-electron chi connectivity index (χ3n) is 2.98. The van der Waals surface area contributed by atoms with Gasteiger partial charge in [-0.3, -0.25) is 4.98 Å². The summed E-state index contributed by atoms with van der Waals surface area (Å²) in [7, 11) is 3.25. The number of hydrogen-bond donors (Lipinski definition) is 1. The summed E-state index contributed by atoms with van der Waals surface area (Å²) in [5.74, 6) is 2.10. The lowest BCUT2D eigenvalue weighted by Gasteiger charge is -2.11. The molecule has 1 aromatic carbocycles. The number of methoxy groups -OCH3 is 2. The minimum Gasteiger partial charge on any atom is -0.493 e. The number of aromatic nitrogens is 1. The van der Waals surface area contributed by atoms with E-state index in [9.17, 15) is 0 Å². The van der Waals surface area contributed by atoms with Crippen LogP contribution in [0.15, 0.2) is 35.4 Å². The first-order valence-corrected chi connectivity index (χ1v) is 7.19. The number of rotatable bonds is 5. The van der Waals surface area contributed by atoms with Crippen LogP contribution in [-0.2, 0) is 5.75 Å². The summed E-state index contributed by atoms with van der Waals surface area (Å²) in [5, 5.41) is 0. The van der Waals surface area contributed by atoms with E-state index < -0.39 is 0 Å². The van der Waals surface area contributed by atoms with Crippen molar-refractivity contribution in [1.29, 1.82) is 0 Å². The third kappa shape index (κ3) is 3.17. The van der Waals surface area contributed by atoms with Gasteiger partial charge in [-0.25, -0.2) is 0 Å². The lowest BCUT2D eigenvalue weighted by atomic mass is 10.2. The number of nitrogen functional groups attached to an aromatic ring is 1. The van der Waals surface area contributed by atoms with Gasteiger partial charge in [0.1, 0.15) is 0 Å². The van der Waals surface area contributed by atoms with Crippen LogP contribution in [-0.4, -0.2) is 19.2 Å². The quantitative estimate of drug-likeness (QED) is 0.676. The van der Waals surface area contributed by atoms with E-state index >= 15 is 0 Å². The summed E-state index contributed by atoms with van der Waals surface area (Å²) in [6.45, 7) is 2.00. The van der Waals surface area contributed by atoms with Crippen LogP contribution in [0.25, 0.3) is 0 Å². The van der Waals surface area contributed by atoms with E-state index in [0.29, 0.717) is 17.3 Å². The number of benzene rings is 1. The van der Waals surface area contributed by atoms with Gasteiger partial charge in [-0.05, 0) is 30.7 Å². The van der Waals surface area contributed by atoms with Crippen LogP contribution in [0.2, 0.25) is 0 Å². The molecule has 2 aromatic rings. The Balaban J connectivity index is 2.16. The highest BCUT2D eigenvalue weighted by Gasteiger charge is 2.11.